The molecule has 72 valence electrons. The summed E-state index contributed by atoms with van der Waals surface area (Å²) in [6.45, 7) is 5.43. The van der Waals surface area contributed by atoms with Crippen molar-refractivity contribution in [1.29, 1.82) is 0 Å². The summed E-state index contributed by atoms with van der Waals surface area (Å²) >= 11 is 0. The van der Waals surface area contributed by atoms with Gasteiger partial charge < -0.3 is 9.73 Å². The molecule has 1 aromatic heterocycles. The van der Waals surface area contributed by atoms with Gasteiger partial charge in [0.25, 0.3) is 0 Å². The van der Waals surface area contributed by atoms with E-state index in [0.29, 0.717) is 11.5 Å². The molecule has 0 aromatic carbocycles. The molecule has 1 N–H and O–H groups in total. The topological polar surface area (TPSA) is 38.1 Å². The van der Waals surface area contributed by atoms with Gasteiger partial charge in [0.15, 0.2) is 6.39 Å². The van der Waals surface area contributed by atoms with Crippen LogP contribution < -0.4 is 5.32 Å². The average molecular weight is 180 g/mol. The summed E-state index contributed by atoms with van der Waals surface area (Å²) in [6, 6.07) is 0.643. The molecule has 0 amide bonds. The molecule has 1 aromatic rings. The smallest absolute Gasteiger partial charge is 0.180 e. The van der Waals surface area contributed by atoms with Crippen LogP contribution in [0.4, 0.5) is 0 Å². The maximum absolute atomic E-state index is 4.90. The van der Waals surface area contributed by atoms with Crippen molar-refractivity contribution in [2.24, 2.45) is 5.41 Å². The zero-order valence-electron chi connectivity index (χ0n) is 8.21. The van der Waals surface area contributed by atoms with Crippen molar-refractivity contribution in [3.8, 4) is 0 Å². The zero-order chi connectivity index (χ0) is 9.31. The van der Waals surface area contributed by atoms with E-state index in [2.05, 4.69) is 24.1 Å². The van der Waals surface area contributed by atoms with Gasteiger partial charge in [0.05, 0.1) is 5.69 Å². The van der Waals surface area contributed by atoms with Crippen molar-refractivity contribution in [3.63, 3.8) is 0 Å². The minimum Gasteiger partial charge on any atom is -0.451 e. The van der Waals surface area contributed by atoms with E-state index in [0.717, 1.165) is 12.2 Å². The Morgan fingerprint density at radius 2 is 2.54 bits per heavy atom. The van der Waals surface area contributed by atoms with Crippen LogP contribution in [0, 0.1) is 5.41 Å². The Kier molecular flexibility index (Phi) is 2.12. The number of aromatic nitrogens is 1. The van der Waals surface area contributed by atoms with Crippen LogP contribution in [-0.2, 0) is 6.54 Å². The fraction of sp³-hybridized carbons (Fsp3) is 0.700. The van der Waals surface area contributed by atoms with Crippen molar-refractivity contribution in [2.75, 3.05) is 0 Å². The molecule has 1 aliphatic rings. The summed E-state index contributed by atoms with van der Waals surface area (Å²) in [4.78, 5) is 4.07. The molecule has 0 spiro atoms. The molecule has 1 fully saturated rings. The summed E-state index contributed by atoms with van der Waals surface area (Å²) in [5, 5.41) is 3.49. The molecule has 1 heterocycles. The van der Waals surface area contributed by atoms with Gasteiger partial charge in [-0.3, -0.25) is 0 Å². The molecule has 1 atom stereocenters. The van der Waals surface area contributed by atoms with Crippen LogP contribution in [-0.4, -0.2) is 11.0 Å². The summed E-state index contributed by atoms with van der Waals surface area (Å²) in [5.41, 5.74) is 1.45. The van der Waals surface area contributed by atoms with Crippen LogP contribution in [0.3, 0.4) is 0 Å². The van der Waals surface area contributed by atoms with Crippen LogP contribution in [0.15, 0.2) is 17.1 Å². The summed E-state index contributed by atoms with van der Waals surface area (Å²) in [6.07, 6.45) is 5.77. The van der Waals surface area contributed by atoms with Crippen LogP contribution in [0.1, 0.15) is 32.4 Å². The minimum absolute atomic E-state index is 0.462. The number of hydrogen-bond acceptors (Lipinski definition) is 3. The van der Waals surface area contributed by atoms with E-state index in [1.54, 1.807) is 6.26 Å². The number of oxazole rings is 1. The highest BCUT2D eigenvalue weighted by Crippen LogP contribution is 2.39. The monoisotopic (exact) mass is 180 g/mol. The molecule has 0 radical (unpaired) electrons. The van der Waals surface area contributed by atoms with Crippen molar-refractivity contribution in [3.05, 3.63) is 18.4 Å². The van der Waals surface area contributed by atoms with E-state index in [1.807, 2.05) is 0 Å². The zero-order valence-corrected chi connectivity index (χ0v) is 8.21. The highest BCUT2D eigenvalue weighted by molar-refractivity contribution is 4.97. The fourth-order valence-corrected chi connectivity index (χ4v) is 1.80. The lowest BCUT2D eigenvalue weighted by atomic mass is 9.67. The standard InChI is InChI=1S/C10H16N2O/c1-10(2)4-3-9(10)11-5-8-6-13-7-12-8/h6-7,9,11H,3-5H2,1-2H3. The molecule has 0 aliphatic heterocycles. The molecule has 3 nitrogen and oxygen atoms in total. The van der Waals surface area contributed by atoms with Crippen LogP contribution in [0.5, 0.6) is 0 Å². The van der Waals surface area contributed by atoms with E-state index in [4.69, 9.17) is 4.42 Å². The van der Waals surface area contributed by atoms with Crippen molar-refractivity contribution < 1.29 is 4.42 Å². The Morgan fingerprint density at radius 3 is 3.00 bits per heavy atom. The van der Waals surface area contributed by atoms with Gasteiger partial charge in [0.1, 0.15) is 6.26 Å². The molecule has 1 aliphatic carbocycles. The summed E-state index contributed by atoms with van der Waals surface area (Å²) in [7, 11) is 0. The highest BCUT2D eigenvalue weighted by atomic mass is 16.3. The van der Waals surface area contributed by atoms with Crippen molar-refractivity contribution >= 4 is 0 Å². The lowest BCUT2D eigenvalue weighted by Crippen LogP contribution is -2.49. The summed E-state index contributed by atoms with van der Waals surface area (Å²) < 4.78 is 4.90. The third kappa shape index (κ3) is 1.75. The SMILES string of the molecule is CC1(C)CCC1NCc1cocn1. The Hall–Kier alpha value is -0.830. The molecule has 1 unspecified atom stereocenters. The second kappa shape index (κ2) is 3.14. The van der Waals surface area contributed by atoms with Crippen LogP contribution in [0.2, 0.25) is 0 Å². The van der Waals surface area contributed by atoms with Gasteiger partial charge in [-0.25, -0.2) is 4.98 Å². The largest absolute Gasteiger partial charge is 0.451 e. The second-order valence-electron chi connectivity index (χ2n) is 4.44. The lowest BCUT2D eigenvalue weighted by molar-refractivity contribution is 0.107. The van der Waals surface area contributed by atoms with Crippen molar-refractivity contribution in [2.45, 2.75) is 39.3 Å². The molecular formula is C10H16N2O. The maximum Gasteiger partial charge on any atom is 0.180 e. The second-order valence-corrected chi connectivity index (χ2v) is 4.44. The van der Waals surface area contributed by atoms with E-state index >= 15 is 0 Å². The first kappa shape index (κ1) is 8.75. The van der Waals surface area contributed by atoms with E-state index in [1.165, 1.54) is 19.2 Å². The minimum atomic E-state index is 0.462. The Balaban J connectivity index is 1.81. The first-order valence-electron chi connectivity index (χ1n) is 4.79. The Bertz CT molecular complexity index is 266. The van der Waals surface area contributed by atoms with Gasteiger partial charge in [-0.05, 0) is 18.3 Å². The van der Waals surface area contributed by atoms with Gasteiger partial charge >= 0.3 is 0 Å². The van der Waals surface area contributed by atoms with Crippen molar-refractivity contribution in [1.82, 2.24) is 10.3 Å². The molecule has 0 bridgehead atoms. The number of hydrogen-bond donors (Lipinski definition) is 1. The third-order valence-corrected chi connectivity index (χ3v) is 3.03. The van der Waals surface area contributed by atoms with Gasteiger partial charge in [-0.2, -0.15) is 0 Å². The molecule has 3 heteroatoms. The average Bonchev–Trinajstić information content (AvgIpc) is 2.55. The summed E-state index contributed by atoms with van der Waals surface area (Å²) in [5.74, 6) is 0. The predicted octanol–water partition coefficient (Wildman–Crippen LogP) is 1.95. The van der Waals surface area contributed by atoms with E-state index in [-0.39, 0.29) is 0 Å². The van der Waals surface area contributed by atoms with Gasteiger partial charge in [0.2, 0.25) is 0 Å². The molecular weight excluding hydrogens is 164 g/mol. The van der Waals surface area contributed by atoms with Crippen LogP contribution in [0.25, 0.3) is 0 Å². The Labute approximate surface area is 78.5 Å². The van der Waals surface area contributed by atoms with Gasteiger partial charge in [-0.1, -0.05) is 13.8 Å². The molecule has 1 saturated carbocycles. The fourth-order valence-electron chi connectivity index (χ4n) is 1.80. The first-order valence-corrected chi connectivity index (χ1v) is 4.79. The van der Waals surface area contributed by atoms with Gasteiger partial charge in [-0.15, -0.1) is 0 Å². The van der Waals surface area contributed by atoms with E-state index in [9.17, 15) is 0 Å². The Morgan fingerprint density at radius 1 is 1.69 bits per heavy atom. The molecule has 13 heavy (non-hydrogen) atoms. The van der Waals surface area contributed by atoms with E-state index < -0.39 is 0 Å². The maximum atomic E-state index is 4.90. The number of rotatable bonds is 3. The highest BCUT2D eigenvalue weighted by Gasteiger charge is 2.37. The quantitative estimate of drug-likeness (QED) is 0.772. The number of nitrogens with one attached hydrogen (secondary N) is 1. The first-order chi connectivity index (χ1) is 6.18. The van der Waals surface area contributed by atoms with Gasteiger partial charge in [0, 0.05) is 12.6 Å². The van der Waals surface area contributed by atoms with Crippen LogP contribution >= 0.6 is 0 Å². The molecule has 0 saturated heterocycles. The third-order valence-electron chi connectivity index (χ3n) is 3.03. The lowest BCUT2D eigenvalue weighted by Gasteiger charge is -2.45. The normalized spacial score (nSPS) is 25.5. The molecule has 2 rings (SSSR count). The number of nitrogens with zero attached hydrogens (tertiary/aromatic N) is 1. The predicted molar refractivity (Wildman–Crippen MR) is 50.1 cm³/mol.